The summed E-state index contributed by atoms with van der Waals surface area (Å²) in [4.78, 5) is 31.4. The zero-order chi connectivity index (χ0) is 24.2. The van der Waals surface area contributed by atoms with Crippen molar-refractivity contribution in [2.75, 3.05) is 5.32 Å². The smallest absolute Gasteiger partial charge is 0.326 e. The number of nitrogens with zero attached hydrogens (tertiary/aromatic N) is 1. The van der Waals surface area contributed by atoms with Crippen LogP contribution in [0.4, 0.5) is 5.69 Å². The van der Waals surface area contributed by atoms with Gasteiger partial charge in [0.1, 0.15) is 0 Å². The second kappa shape index (κ2) is 8.46. The van der Waals surface area contributed by atoms with Crippen molar-refractivity contribution in [1.82, 2.24) is 0 Å². The molecule has 2 aliphatic carbocycles. The number of carbonyl (C=O) groups is 2. The number of fused-ring (bicyclic) bond motifs is 2. The second-order valence-corrected chi connectivity index (χ2v) is 11.0. The average Bonchev–Trinajstić information content (AvgIpc) is 3.05. The first-order valence-electron chi connectivity index (χ1n) is 10.4. The quantitative estimate of drug-likeness (QED) is 0.327. The number of benzene rings is 2. The summed E-state index contributed by atoms with van der Waals surface area (Å²) >= 11 is 24.1. The molecule has 174 valence electrons. The summed E-state index contributed by atoms with van der Waals surface area (Å²) in [5.74, 6) is -0.797. The largest absolute Gasteiger partial charge is 0.367 e. The Morgan fingerprint density at radius 2 is 1.67 bits per heavy atom. The molecule has 0 aromatic heterocycles. The molecule has 1 amide bonds. The molecule has 9 heteroatoms. The van der Waals surface area contributed by atoms with Gasteiger partial charge in [0, 0.05) is 22.5 Å². The number of rotatable bonds is 4. The number of amides is 1. The third kappa shape index (κ3) is 3.83. The van der Waals surface area contributed by atoms with Crippen LogP contribution in [-0.4, -0.2) is 17.6 Å². The molecule has 2 fully saturated rings. The molecule has 0 saturated heterocycles. The fourth-order valence-corrected chi connectivity index (χ4v) is 5.93. The van der Waals surface area contributed by atoms with Crippen LogP contribution in [0.1, 0.15) is 50.4 Å². The van der Waals surface area contributed by atoms with Crippen molar-refractivity contribution < 1.29 is 14.4 Å². The minimum absolute atomic E-state index is 0.119. The number of nitrogens with one attached hydrogen (secondary N) is 1. The van der Waals surface area contributed by atoms with Crippen LogP contribution in [0.15, 0.2) is 41.6 Å². The Morgan fingerprint density at radius 3 is 2.33 bits per heavy atom. The van der Waals surface area contributed by atoms with E-state index >= 15 is 0 Å². The van der Waals surface area contributed by atoms with Crippen molar-refractivity contribution in [2.45, 2.75) is 40.0 Å². The first-order valence-corrected chi connectivity index (χ1v) is 11.9. The highest BCUT2D eigenvalue weighted by atomic mass is 35.5. The minimum Gasteiger partial charge on any atom is -0.326 e. The molecule has 0 heterocycles. The lowest BCUT2D eigenvalue weighted by Crippen LogP contribution is -2.43. The Balaban J connectivity index is 1.59. The van der Waals surface area contributed by atoms with Crippen LogP contribution in [0, 0.1) is 16.2 Å². The molecule has 4 rings (SSSR count). The summed E-state index contributed by atoms with van der Waals surface area (Å²) in [6.07, 6.45) is 1.82. The van der Waals surface area contributed by atoms with Gasteiger partial charge in [-0.2, -0.15) is 0 Å². The highest BCUT2D eigenvalue weighted by molar-refractivity contribution is 6.42. The van der Waals surface area contributed by atoms with E-state index in [-0.39, 0.29) is 16.5 Å². The lowest BCUT2D eigenvalue weighted by Gasteiger charge is -2.39. The standard InChI is InChI=1S/C24H22Cl4N2O3/c1-22(2)23(3)8-9-24(22,21(32)29-14-5-7-16(26)18(28)11-14)12-19(23)30-33-20(31)15-6-4-13(25)10-17(15)27/h4-7,10-11H,8-9,12H2,1-3H3,(H,29,32). The number of oxime groups is 1. The summed E-state index contributed by atoms with van der Waals surface area (Å²) in [5.41, 5.74) is -0.124. The van der Waals surface area contributed by atoms with Crippen LogP contribution < -0.4 is 5.32 Å². The lowest BCUT2D eigenvalue weighted by atomic mass is 9.64. The zero-order valence-corrected chi connectivity index (χ0v) is 21.3. The van der Waals surface area contributed by atoms with Gasteiger partial charge in [0.15, 0.2) is 0 Å². The molecule has 0 spiro atoms. The number of anilines is 1. The van der Waals surface area contributed by atoms with E-state index in [4.69, 9.17) is 51.2 Å². The Morgan fingerprint density at radius 1 is 0.939 bits per heavy atom. The van der Waals surface area contributed by atoms with Crippen LogP contribution in [0.5, 0.6) is 0 Å². The van der Waals surface area contributed by atoms with E-state index in [1.807, 2.05) is 0 Å². The van der Waals surface area contributed by atoms with Crippen LogP contribution in [0.3, 0.4) is 0 Å². The van der Waals surface area contributed by atoms with E-state index in [9.17, 15) is 9.59 Å². The number of halogens is 4. The van der Waals surface area contributed by atoms with Gasteiger partial charge >= 0.3 is 5.97 Å². The molecule has 2 aromatic rings. The van der Waals surface area contributed by atoms with Crippen molar-refractivity contribution in [3.05, 3.63) is 62.1 Å². The van der Waals surface area contributed by atoms with Gasteiger partial charge in [-0.15, -0.1) is 0 Å². The van der Waals surface area contributed by atoms with E-state index in [2.05, 4.69) is 31.2 Å². The van der Waals surface area contributed by atoms with E-state index in [0.29, 0.717) is 39.3 Å². The predicted molar refractivity (Wildman–Crippen MR) is 133 cm³/mol. The van der Waals surface area contributed by atoms with Crippen LogP contribution in [0.25, 0.3) is 0 Å². The maximum atomic E-state index is 13.6. The highest BCUT2D eigenvalue weighted by Gasteiger charge is 2.71. The summed E-state index contributed by atoms with van der Waals surface area (Å²) in [5, 5.41) is 8.61. The van der Waals surface area contributed by atoms with Crippen molar-refractivity contribution in [1.29, 1.82) is 0 Å². The van der Waals surface area contributed by atoms with Crippen molar-refractivity contribution in [2.24, 2.45) is 21.4 Å². The lowest BCUT2D eigenvalue weighted by molar-refractivity contribution is -0.130. The molecular weight excluding hydrogens is 506 g/mol. The predicted octanol–water partition coefficient (Wildman–Crippen LogP) is 7.67. The summed E-state index contributed by atoms with van der Waals surface area (Å²) in [6, 6.07) is 9.50. The molecule has 2 aliphatic rings. The van der Waals surface area contributed by atoms with Gasteiger partial charge in [0.05, 0.1) is 31.8 Å². The van der Waals surface area contributed by atoms with E-state index in [0.717, 1.165) is 6.42 Å². The molecule has 1 N–H and O–H groups in total. The Kier molecular flexibility index (Phi) is 6.24. The molecule has 5 nitrogen and oxygen atoms in total. The van der Waals surface area contributed by atoms with Gasteiger partial charge in [-0.05, 0) is 54.7 Å². The maximum absolute atomic E-state index is 13.6. The molecule has 33 heavy (non-hydrogen) atoms. The number of hydrogen-bond donors (Lipinski definition) is 1. The third-order valence-electron chi connectivity index (χ3n) is 7.74. The van der Waals surface area contributed by atoms with Gasteiger partial charge in [0.25, 0.3) is 0 Å². The summed E-state index contributed by atoms with van der Waals surface area (Å²) in [7, 11) is 0. The topological polar surface area (TPSA) is 67.8 Å². The number of carbonyl (C=O) groups excluding carboxylic acids is 2. The molecule has 0 aliphatic heterocycles. The van der Waals surface area contributed by atoms with Gasteiger partial charge < -0.3 is 10.2 Å². The average molecular weight is 528 g/mol. The maximum Gasteiger partial charge on any atom is 0.367 e. The number of hydrogen-bond acceptors (Lipinski definition) is 4. The second-order valence-electron chi connectivity index (χ2n) is 9.34. The fraction of sp³-hybridized carbons (Fsp3) is 0.375. The van der Waals surface area contributed by atoms with Gasteiger partial charge in [-0.3, -0.25) is 4.79 Å². The zero-order valence-electron chi connectivity index (χ0n) is 18.3. The van der Waals surface area contributed by atoms with E-state index in [1.165, 1.54) is 12.1 Å². The molecule has 2 aromatic carbocycles. The van der Waals surface area contributed by atoms with Gasteiger partial charge in [0.2, 0.25) is 5.91 Å². The van der Waals surface area contributed by atoms with Gasteiger partial charge in [-0.1, -0.05) is 72.3 Å². The van der Waals surface area contributed by atoms with Gasteiger partial charge in [-0.25, -0.2) is 4.79 Å². The van der Waals surface area contributed by atoms with Crippen LogP contribution in [-0.2, 0) is 9.63 Å². The van der Waals surface area contributed by atoms with E-state index < -0.39 is 22.2 Å². The monoisotopic (exact) mass is 526 g/mol. The van der Waals surface area contributed by atoms with Crippen molar-refractivity contribution in [3.8, 4) is 0 Å². The fourth-order valence-electron chi connectivity index (χ4n) is 5.15. The molecule has 2 bridgehead atoms. The molecule has 2 atom stereocenters. The normalized spacial score (nSPS) is 26.5. The molecular formula is C24H22Cl4N2O3. The highest BCUT2D eigenvalue weighted by Crippen LogP contribution is 2.71. The van der Waals surface area contributed by atoms with Crippen LogP contribution in [0.2, 0.25) is 20.1 Å². The molecule has 0 radical (unpaired) electrons. The van der Waals surface area contributed by atoms with E-state index in [1.54, 1.807) is 24.3 Å². The Labute approximate surface area is 212 Å². The Hall–Kier alpha value is -1.79. The molecule has 2 unspecified atom stereocenters. The third-order valence-corrected chi connectivity index (χ3v) is 9.02. The Bertz CT molecular complexity index is 1200. The first kappa shape index (κ1) is 24.3. The summed E-state index contributed by atoms with van der Waals surface area (Å²) < 4.78 is 0. The minimum atomic E-state index is -0.711. The van der Waals surface area contributed by atoms with Crippen LogP contribution >= 0.6 is 46.4 Å². The van der Waals surface area contributed by atoms with Crippen molar-refractivity contribution in [3.63, 3.8) is 0 Å². The summed E-state index contributed by atoms with van der Waals surface area (Å²) in [6.45, 7) is 6.19. The SMILES string of the molecule is CC12CCC(C(=O)Nc3ccc(Cl)c(Cl)c3)(CC1=NOC(=O)c1ccc(Cl)cc1Cl)C2(C)C. The van der Waals surface area contributed by atoms with Crippen molar-refractivity contribution >= 4 is 69.7 Å². The molecule has 2 saturated carbocycles. The first-order chi connectivity index (χ1) is 15.4.